The van der Waals surface area contributed by atoms with Gasteiger partial charge in [0.15, 0.2) is 0 Å². The van der Waals surface area contributed by atoms with Crippen LogP contribution in [0.4, 0.5) is 0 Å². The second-order valence-electron chi connectivity index (χ2n) is 2.18. The van der Waals surface area contributed by atoms with Gasteiger partial charge in [0.2, 0.25) is 0 Å². The molecule has 0 unspecified atom stereocenters. The lowest BCUT2D eigenvalue weighted by Crippen LogP contribution is -1.82. The third-order valence-electron chi connectivity index (χ3n) is 1.48. The van der Waals surface area contributed by atoms with Crippen LogP contribution in [0.15, 0.2) is 16.6 Å². The molecule has 0 aliphatic carbocycles. The van der Waals surface area contributed by atoms with Crippen LogP contribution >= 0.6 is 15.9 Å². The highest BCUT2D eigenvalue weighted by Crippen LogP contribution is 2.27. The van der Waals surface area contributed by atoms with Crippen molar-refractivity contribution in [3.63, 3.8) is 0 Å². The Morgan fingerprint density at radius 2 is 2.18 bits per heavy atom. The summed E-state index contributed by atoms with van der Waals surface area (Å²) in [5.41, 5.74) is 1.24. The maximum absolute atomic E-state index is 9.18. The number of nitrogens with zero attached hydrogens (tertiary/aromatic N) is 1. The maximum Gasteiger partial charge on any atom is 0.119 e. The Morgan fingerprint density at radius 3 is 2.73 bits per heavy atom. The minimum Gasteiger partial charge on any atom is -0.508 e. The van der Waals surface area contributed by atoms with E-state index in [9.17, 15) is 5.11 Å². The smallest absolute Gasteiger partial charge is 0.119 e. The molecule has 2 nitrogen and oxygen atoms in total. The van der Waals surface area contributed by atoms with Gasteiger partial charge in [-0.15, -0.1) is 0 Å². The Balaban J connectivity index is 3.40. The van der Waals surface area contributed by atoms with E-state index in [1.807, 2.05) is 6.07 Å². The number of halogens is 1. The monoisotopic (exact) mass is 211 g/mol. The molecule has 1 aromatic rings. The summed E-state index contributed by atoms with van der Waals surface area (Å²) in [5.74, 6) is 0.205. The molecule has 1 rings (SSSR count). The topological polar surface area (TPSA) is 44.0 Å². The van der Waals surface area contributed by atoms with Gasteiger partial charge in [0.25, 0.3) is 0 Å². The van der Waals surface area contributed by atoms with Gasteiger partial charge in [-0.3, -0.25) is 0 Å². The number of phenols is 1. The number of benzene rings is 1. The molecule has 0 aliphatic rings. The molecule has 56 valence electrons. The summed E-state index contributed by atoms with van der Waals surface area (Å²) in [6.45, 7) is 1.75. The Labute approximate surface area is 73.2 Å². The highest BCUT2D eigenvalue weighted by molar-refractivity contribution is 9.10. The van der Waals surface area contributed by atoms with Gasteiger partial charge in [-0.05, 0) is 35.0 Å². The predicted octanol–water partition coefficient (Wildman–Crippen LogP) is 2.33. The summed E-state index contributed by atoms with van der Waals surface area (Å²) >= 11 is 3.21. The molecule has 0 bridgehead atoms. The van der Waals surface area contributed by atoms with Crippen LogP contribution in [-0.2, 0) is 0 Å². The Kier molecular flexibility index (Phi) is 2.16. The van der Waals surface area contributed by atoms with Crippen LogP contribution in [-0.4, -0.2) is 5.11 Å². The summed E-state index contributed by atoms with van der Waals surface area (Å²) in [5, 5.41) is 17.8. The van der Waals surface area contributed by atoms with Crippen LogP contribution < -0.4 is 0 Å². The number of aromatic hydroxyl groups is 1. The van der Waals surface area contributed by atoms with Crippen molar-refractivity contribution in [2.24, 2.45) is 0 Å². The predicted molar refractivity (Wildman–Crippen MR) is 45.3 cm³/mol. The van der Waals surface area contributed by atoms with Crippen LogP contribution in [0.25, 0.3) is 0 Å². The second-order valence-corrected chi connectivity index (χ2v) is 2.98. The van der Waals surface area contributed by atoms with E-state index in [0.29, 0.717) is 15.6 Å². The van der Waals surface area contributed by atoms with Crippen molar-refractivity contribution in [2.45, 2.75) is 6.92 Å². The summed E-state index contributed by atoms with van der Waals surface area (Å²) in [6.07, 6.45) is 0. The number of hydrogen-bond donors (Lipinski definition) is 1. The lowest BCUT2D eigenvalue weighted by Gasteiger charge is -2.01. The zero-order valence-corrected chi connectivity index (χ0v) is 7.51. The molecule has 0 heterocycles. The highest BCUT2D eigenvalue weighted by Gasteiger charge is 2.04. The van der Waals surface area contributed by atoms with Crippen molar-refractivity contribution < 1.29 is 5.11 Å². The molecule has 0 aromatic heterocycles. The van der Waals surface area contributed by atoms with E-state index in [1.54, 1.807) is 13.0 Å². The molecular weight excluding hydrogens is 206 g/mol. The van der Waals surface area contributed by atoms with E-state index in [4.69, 9.17) is 5.26 Å². The number of rotatable bonds is 0. The average molecular weight is 212 g/mol. The molecule has 0 aliphatic heterocycles. The molecule has 0 saturated carbocycles. The molecule has 0 radical (unpaired) electrons. The molecule has 3 heteroatoms. The number of phenolic OH excluding ortho intramolecular Hbond substituents is 1. The van der Waals surface area contributed by atoms with E-state index in [1.165, 1.54) is 6.07 Å². The van der Waals surface area contributed by atoms with E-state index >= 15 is 0 Å². The van der Waals surface area contributed by atoms with Crippen molar-refractivity contribution >= 4 is 15.9 Å². The molecular formula is C8H6BrNO. The SMILES string of the molecule is Cc1c(O)ccc(C#N)c1Br. The summed E-state index contributed by atoms with van der Waals surface area (Å²) < 4.78 is 0.667. The Morgan fingerprint density at radius 1 is 1.55 bits per heavy atom. The van der Waals surface area contributed by atoms with Gasteiger partial charge in [0.05, 0.1) is 5.56 Å². The fourth-order valence-electron chi connectivity index (χ4n) is 0.761. The number of nitriles is 1. The van der Waals surface area contributed by atoms with Gasteiger partial charge in [0.1, 0.15) is 11.8 Å². The lowest BCUT2D eigenvalue weighted by atomic mass is 10.1. The molecule has 0 atom stereocenters. The van der Waals surface area contributed by atoms with Crippen molar-refractivity contribution in [1.82, 2.24) is 0 Å². The Bertz CT molecular complexity index is 328. The van der Waals surface area contributed by atoms with E-state index in [0.717, 1.165) is 0 Å². The first-order chi connectivity index (χ1) is 5.16. The number of hydrogen-bond acceptors (Lipinski definition) is 2. The zero-order chi connectivity index (χ0) is 8.43. The molecule has 0 amide bonds. The molecule has 0 saturated heterocycles. The summed E-state index contributed by atoms with van der Waals surface area (Å²) in [6, 6.07) is 5.09. The van der Waals surface area contributed by atoms with Crippen LogP contribution in [0.2, 0.25) is 0 Å². The van der Waals surface area contributed by atoms with Gasteiger partial charge in [-0.25, -0.2) is 0 Å². The first-order valence-electron chi connectivity index (χ1n) is 3.05. The van der Waals surface area contributed by atoms with Crippen LogP contribution in [0.3, 0.4) is 0 Å². The van der Waals surface area contributed by atoms with Crippen molar-refractivity contribution in [2.75, 3.05) is 0 Å². The third-order valence-corrected chi connectivity index (χ3v) is 2.50. The zero-order valence-electron chi connectivity index (χ0n) is 5.93. The van der Waals surface area contributed by atoms with Gasteiger partial charge in [0, 0.05) is 10.0 Å². The van der Waals surface area contributed by atoms with Crippen molar-refractivity contribution in [3.05, 3.63) is 27.7 Å². The normalized spacial score (nSPS) is 9.18. The molecule has 1 aromatic carbocycles. The molecule has 0 spiro atoms. The van der Waals surface area contributed by atoms with E-state index in [-0.39, 0.29) is 5.75 Å². The van der Waals surface area contributed by atoms with Crippen LogP contribution in [0.1, 0.15) is 11.1 Å². The van der Waals surface area contributed by atoms with Gasteiger partial charge >= 0.3 is 0 Å². The average Bonchev–Trinajstić information content (AvgIpc) is 2.01. The van der Waals surface area contributed by atoms with Gasteiger partial charge < -0.3 is 5.11 Å². The van der Waals surface area contributed by atoms with Crippen LogP contribution in [0, 0.1) is 18.3 Å². The first kappa shape index (κ1) is 8.09. The lowest BCUT2D eigenvalue weighted by molar-refractivity contribution is 0.470. The standard InChI is InChI=1S/C8H6BrNO/c1-5-7(11)3-2-6(4-10)8(5)9/h2-3,11H,1H3. The van der Waals surface area contributed by atoms with Crippen LogP contribution in [0.5, 0.6) is 5.75 Å². The first-order valence-corrected chi connectivity index (χ1v) is 3.84. The quantitative estimate of drug-likeness (QED) is 0.717. The summed E-state index contributed by atoms with van der Waals surface area (Å²) in [7, 11) is 0. The highest BCUT2D eigenvalue weighted by atomic mass is 79.9. The molecule has 1 N–H and O–H groups in total. The fraction of sp³-hybridized carbons (Fsp3) is 0.125. The Hall–Kier alpha value is -1.01. The van der Waals surface area contributed by atoms with Gasteiger partial charge in [-0.1, -0.05) is 0 Å². The van der Waals surface area contributed by atoms with E-state index in [2.05, 4.69) is 15.9 Å². The van der Waals surface area contributed by atoms with E-state index < -0.39 is 0 Å². The molecule has 0 fully saturated rings. The van der Waals surface area contributed by atoms with Gasteiger partial charge in [-0.2, -0.15) is 5.26 Å². The van der Waals surface area contributed by atoms with Crippen molar-refractivity contribution in [1.29, 1.82) is 5.26 Å². The largest absolute Gasteiger partial charge is 0.508 e. The third kappa shape index (κ3) is 1.36. The maximum atomic E-state index is 9.18. The minimum absolute atomic E-state index is 0.205. The molecule has 11 heavy (non-hydrogen) atoms. The fourth-order valence-corrected chi connectivity index (χ4v) is 1.19. The minimum atomic E-state index is 0.205. The van der Waals surface area contributed by atoms with Crippen molar-refractivity contribution in [3.8, 4) is 11.8 Å². The summed E-state index contributed by atoms with van der Waals surface area (Å²) in [4.78, 5) is 0. The second kappa shape index (κ2) is 2.93.